The summed E-state index contributed by atoms with van der Waals surface area (Å²) >= 11 is 0. The third-order valence-electron chi connectivity index (χ3n) is 5.84. The second kappa shape index (κ2) is 8.19. The molecule has 1 aliphatic heterocycles. The highest BCUT2D eigenvalue weighted by atomic mass is 16.5. The van der Waals surface area contributed by atoms with E-state index in [1.54, 1.807) is 17.3 Å². The molecule has 2 aromatic carbocycles. The van der Waals surface area contributed by atoms with E-state index < -0.39 is 0 Å². The fourth-order valence-corrected chi connectivity index (χ4v) is 4.45. The largest absolute Gasteiger partial charge is 0.457 e. The molecule has 0 saturated heterocycles. The minimum Gasteiger partial charge on any atom is -0.457 e. The molecule has 0 fully saturated rings. The Balaban J connectivity index is 1.49. The SMILES string of the molecule is O=C1CCCC2=C1C(c1cccnc1)CC(=O)N2c1ccc(Oc2ccccc2)cc1. The van der Waals surface area contributed by atoms with Crippen LogP contribution in [0.1, 0.15) is 37.2 Å². The van der Waals surface area contributed by atoms with Crippen LogP contribution in [0.3, 0.4) is 0 Å². The number of rotatable bonds is 4. The van der Waals surface area contributed by atoms with E-state index >= 15 is 0 Å². The van der Waals surface area contributed by atoms with Gasteiger partial charge in [0.25, 0.3) is 0 Å². The molecule has 3 aromatic rings. The lowest BCUT2D eigenvalue weighted by Crippen LogP contribution is -2.40. The maximum Gasteiger partial charge on any atom is 0.232 e. The zero-order chi connectivity index (χ0) is 21.2. The maximum atomic E-state index is 13.2. The number of amides is 1. The number of pyridine rings is 1. The number of ketones is 1. The second-order valence-electron chi connectivity index (χ2n) is 7.82. The summed E-state index contributed by atoms with van der Waals surface area (Å²) in [5.74, 6) is 1.37. The van der Waals surface area contributed by atoms with Gasteiger partial charge < -0.3 is 4.74 Å². The van der Waals surface area contributed by atoms with Crippen LogP contribution in [0.15, 0.2) is 90.4 Å². The monoisotopic (exact) mass is 410 g/mol. The van der Waals surface area contributed by atoms with Crippen LogP contribution in [-0.4, -0.2) is 16.7 Å². The maximum absolute atomic E-state index is 13.2. The van der Waals surface area contributed by atoms with Gasteiger partial charge in [-0.15, -0.1) is 0 Å². The molecule has 0 radical (unpaired) electrons. The summed E-state index contributed by atoms with van der Waals surface area (Å²) in [4.78, 5) is 32.1. The first-order chi connectivity index (χ1) is 15.2. The molecule has 0 bridgehead atoms. The van der Waals surface area contributed by atoms with Gasteiger partial charge in [0.2, 0.25) is 5.91 Å². The second-order valence-corrected chi connectivity index (χ2v) is 7.82. The van der Waals surface area contributed by atoms with Gasteiger partial charge >= 0.3 is 0 Å². The van der Waals surface area contributed by atoms with Crippen molar-refractivity contribution in [3.8, 4) is 11.5 Å². The highest BCUT2D eigenvalue weighted by Gasteiger charge is 2.39. The van der Waals surface area contributed by atoms with Gasteiger partial charge in [-0.1, -0.05) is 24.3 Å². The zero-order valence-electron chi connectivity index (χ0n) is 17.0. The van der Waals surface area contributed by atoms with Crippen LogP contribution in [0.5, 0.6) is 11.5 Å². The molecule has 5 nitrogen and oxygen atoms in total. The number of nitrogens with zero attached hydrogens (tertiary/aromatic N) is 2. The van der Waals surface area contributed by atoms with Gasteiger partial charge in [0, 0.05) is 48.1 Å². The van der Waals surface area contributed by atoms with Crippen molar-refractivity contribution in [2.75, 3.05) is 4.90 Å². The van der Waals surface area contributed by atoms with E-state index in [-0.39, 0.29) is 24.0 Å². The number of Topliss-reactive ketones (excluding diaryl/α,β-unsaturated/α-hetero) is 1. The van der Waals surface area contributed by atoms with Gasteiger partial charge in [0.15, 0.2) is 5.78 Å². The molecule has 0 spiro atoms. The van der Waals surface area contributed by atoms with Crippen LogP contribution in [0, 0.1) is 0 Å². The fourth-order valence-electron chi connectivity index (χ4n) is 4.45. The molecule has 1 amide bonds. The Labute approximate surface area is 181 Å². The third kappa shape index (κ3) is 3.75. The van der Waals surface area contributed by atoms with Gasteiger partial charge in [-0.2, -0.15) is 0 Å². The fraction of sp³-hybridized carbons (Fsp3) is 0.192. The van der Waals surface area contributed by atoms with Crippen molar-refractivity contribution in [2.45, 2.75) is 31.6 Å². The molecular weight excluding hydrogens is 388 g/mol. The molecule has 1 atom stereocenters. The van der Waals surface area contributed by atoms with Gasteiger partial charge in [-0.3, -0.25) is 19.5 Å². The number of ether oxygens (including phenoxy) is 1. The van der Waals surface area contributed by atoms with E-state index in [0.29, 0.717) is 18.6 Å². The Hall–Kier alpha value is -3.73. The van der Waals surface area contributed by atoms with Crippen molar-refractivity contribution in [2.24, 2.45) is 0 Å². The molecular formula is C26H22N2O3. The van der Waals surface area contributed by atoms with Crippen LogP contribution in [0.25, 0.3) is 0 Å². The highest BCUT2D eigenvalue weighted by molar-refractivity contribution is 6.07. The number of hydrogen-bond acceptors (Lipinski definition) is 4. The normalized spacial score (nSPS) is 18.7. The van der Waals surface area contributed by atoms with Gasteiger partial charge in [-0.25, -0.2) is 0 Å². The lowest BCUT2D eigenvalue weighted by atomic mass is 9.77. The predicted molar refractivity (Wildman–Crippen MR) is 118 cm³/mol. The molecule has 2 aliphatic rings. The van der Waals surface area contributed by atoms with Crippen LogP contribution in [0.4, 0.5) is 5.69 Å². The average Bonchev–Trinajstić information content (AvgIpc) is 2.81. The summed E-state index contributed by atoms with van der Waals surface area (Å²) in [6, 6.07) is 20.8. The van der Waals surface area contributed by atoms with E-state index in [1.807, 2.05) is 66.7 Å². The van der Waals surface area contributed by atoms with Crippen LogP contribution < -0.4 is 9.64 Å². The van der Waals surface area contributed by atoms with Crippen molar-refractivity contribution < 1.29 is 14.3 Å². The predicted octanol–water partition coefficient (Wildman–Crippen LogP) is 5.40. The minimum atomic E-state index is -0.221. The van der Waals surface area contributed by atoms with E-state index in [2.05, 4.69) is 4.98 Å². The number of benzene rings is 2. The molecule has 154 valence electrons. The summed E-state index contributed by atoms with van der Waals surface area (Å²) in [6.07, 6.45) is 5.73. The lowest BCUT2D eigenvalue weighted by Gasteiger charge is -2.38. The smallest absolute Gasteiger partial charge is 0.232 e. The molecule has 2 heterocycles. The Morgan fingerprint density at radius 2 is 1.65 bits per heavy atom. The van der Waals surface area contributed by atoms with E-state index in [9.17, 15) is 9.59 Å². The average molecular weight is 410 g/mol. The Bertz CT molecular complexity index is 1140. The number of aromatic nitrogens is 1. The Kier molecular flexibility index (Phi) is 5.08. The summed E-state index contributed by atoms with van der Waals surface area (Å²) in [7, 11) is 0. The first-order valence-corrected chi connectivity index (χ1v) is 10.5. The highest BCUT2D eigenvalue weighted by Crippen LogP contribution is 2.43. The van der Waals surface area contributed by atoms with Crippen LogP contribution in [-0.2, 0) is 9.59 Å². The molecule has 1 unspecified atom stereocenters. The van der Waals surface area contributed by atoms with Crippen LogP contribution in [0.2, 0.25) is 0 Å². The molecule has 0 saturated carbocycles. The molecule has 1 aliphatic carbocycles. The zero-order valence-corrected chi connectivity index (χ0v) is 17.0. The van der Waals surface area contributed by atoms with Crippen LogP contribution >= 0.6 is 0 Å². The number of carbonyl (C=O) groups excluding carboxylic acids is 2. The van der Waals surface area contributed by atoms with Gasteiger partial charge in [0.1, 0.15) is 11.5 Å². The van der Waals surface area contributed by atoms with Gasteiger partial charge in [-0.05, 0) is 60.9 Å². The van der Waals surface area contributed by atoms with Crippen molar-refractivity contribution in [1.29, 1.82) is 0 Å². The summed E-state index contributed by atoms with van der Waals surface area (Å²) in [5, 5.41) is 0. The summed E-state index contributed by atoms with van der Waals surface area (Å²) in [5.41, 5.74) is 3.28. The number of para-hydroxylation sites is 1. The first kappa shape index (κ1) is 19.2. The van der Waals surface area contributed by atoms with Crippen molar-refractivity contribution in [3.05, 3.63) is 96.0 Å². The molecule has 1 aromatic heterocycles. The molecule has 5 rings (SSSR count). The number of allylic oxidation sites excluding steroid dienone is 2. The quantitative estimate of drug-likeness (QED) is 0.578. The lowest BCUT2D eigenvalue weighted by molar-refractivity contribution is -0.119. The standard InChI is InChI=1S/C26H22N2O3/c29-24-10-4-9-23-26(24)22(18-6-5-15-27-17-18)16-25(30)28(23)19-11-13-21(14-12-19)31-20-7-2-1-3-8-20/h1-3,5-8,11-15,17,22H,4,9-10,16H2. The minimum absolute atomic E-state index is 0.000897. The van der Waals surface area contributed by atoms with E-state index in [0.717, 1.165) is 34.7 Å². The first-order valence-electron chi connectivity index (χ1n) is 10.5. The van der Waals surface area contributed by atoms with E-state index in [4.69, 9.17) is 4.74 Å². The Morgan fingerprint density at radius 1 is 0.871 bits per heavy atom. The van der Waals surface area contributed by atoms with Crippen molar-refractivity contribution in [3.63, 3.8) is 0 Å². The Morgan fingerprint density at radius 3 is 2.39 bits per heavy atom. The van der Waals surface area contributed by atoms with E-state index in [1.165, 1.54) is 0 Å². The molecule has 31 heavy (non-hydrogen) atoms. The molecule has 0 N–H and O–H groups in total. The summed E-state index contributed by atoms with van der Waals surface area (Å²) in [6.45, 7) is 0. The summed E-state index contributed by atoms with van der Waals surface area (Å²) < 4.78 is 5.87. The number of hydrogen-bond donors (Lipinski definition) is 0. The third-order valence-corrected chi connectivity index (χ3v) is 5.84. The van der Waals surface area contributed by atoms with Crippen molar-refractivity contribution in [1.82, 2.24) is 4.98 Å². The topological polar surface area (TPSA) is 59.5 Å². The van der Waals surface area contributed by atoms with Gasteiger partial charge in [0.05, 0.1) is 0 Å². The number of anilines is 1. The molecule has 5 heteroatoms. The van der Waals surface area contributed by atoms with Crippen molar-refractivity contribution >= 4 is 17.4 Å². The number of carbonyl (C=O) groups is 2.